The van der Waals surface area contributed by atoms with Crippen LogP contribution in [0.25, 0.3) is 0 Å². The molecule has 0 bridgehead atoms. The summed E-state index contributed by atoms with van der Waals surface area (Å²) in [5.74, 6) is 0.310. The molecule has 0 spiro atoms. The number of carbonyl (C=O) groups excluding carboxylic acids is 1. The molecule has 1 rings (SSSR count). The smallest absolute Gasteiger partial charge is 0.224 e. The zero-order chi connectivity index (χ0) is 12.6. The molecule has 1 unspecified atom stereocenters. The number of nitrogens with one attached hydrogen (secondary N) is 1. The predicted molar refractivity (Wildman–Crippen MR) is 66.9 cm³/mol. The van der Waals surface area contributed by atoms with Gasteiger partial charge in [-0.05, 0) is 17.3 Å². The first-order chi connectivity index (χ1) is 7.29. The van der Waals surface area contributed by atoms with Gasteiger partial charge in [-0.25, -0.2) is 0 Å². The fourth-order valence-corrected chi connectivity index (χ4v) is 2.73. The highest BCUT2D eigenvalue weighted by atomic mass is 16.2. The monoisotopic (exact) mass is 226 g/mol. The second-order valence-corrected chi connectivity index (χ2v) is 6.11. The van der Waals surface area contributed by atoms with Gasteiger partial charge in [0.25, 0.3) is 0 Å². The van der Waals surface area contributed by atoms with E-state index in [1.807, 2.05) is 0 Å². The first-order valence-corrected chi connectivity index (χ1v) is 6.29. The molecule has 3 nitrogen and oxygen atoms in total. The minimum absolute atomic E-state index is 0.114. The quantitative estimate of drug-likeness (QED) is 0.752. The lowest BCUT2D eigenvalue weighted by atomic mass is 10.0. The van der Waals surface area contributed by atoms with E-state index in [1.165, 1.54) is 0 Å². The Hall–Kier alpha value is -0.570. The fraction of sp³-hybridized carbons (Fsp3) is 0.923. The van der Waals surface area contributed by atoms with Gasteiger partial charge in [0.1, 0.15) is 0 Å². The second kappa shape index (κ2) is 4.36. The van der Waals surface area contributed by atoms with E-state index in [4.69, 9.17) is 5.73 Å². The second-order valence-electron chi connectivity index (χ2n) is 6.11. The summed E-state index contributed by atoms with van der Waals surface area (Å²) in [6, 6.07) is 0.143. The number of hydrogen-bond donors (Lipinski definition) is 2. The Morgan fingerprint density at radius 3 is 2.12 bits per heavy atom. The van der Waals surface area contributed by atoms with Crippen LogP contribution in [0.3, 0.4) is 0 Å². The molecule has 1 atom stereocenters. The summed E-state index contributed by atoms with van der Waals surface area (Å²) in [5.41, 5.74) is 5.88. The topological polar surface area (TPSA) is 55.1 Å². The maximum atomic E-state index is 12.1. The Balaban J connectivity index is 2.55. The van der Waals surface area contributed by atoms with E-state index in [1.54, 1.807) is 0 Å². The highest BCUT2D eigenvalue weighted by Gasteiger charge is 2.68. The van der Waals surface area contributed by atoms with E-state index in [9.17, 15) is 4.79 Å². The van der Waals surface area contributed by atoms with Crippen molar-refractivity contribution in [2.75, 3.05) is 6.54 Å². The van der Waals surface area contributed by atoms with Crippen molar-refractivity contribution in [2.45, 2.75) is 53.5 Å². The largest absolute Gasteiger partial charge is 0.352 e. The van der Waals surface area contributed by atoms with Crippen molar-refractivity contribution in [3.8, 4) is 0 Å². The Kier molecular flexibility index (Phi) is 3.68. The van der Waals surface area contributed by atoms with Crippen LogP contribution in [-0.4, -0.2) is 18.5 Å². The summed E-state index contributed by atoms with van der Waals surface area (Å²) >= 11 is 0. The molecule has 3 heteroatoms. The van der Waals surface area contributed by atoms with Crippen LogP contribution in [-0.2, 0) is 4.79 Å². The molecule has 0 aromatic heterocycles. The first kappa shape index (κ1) is 13.5. The third kappa shape index (κ3) is 2.10. The van der Waals surface area contributed by atoms with Crippen molar-refractivity contribution in [2.24, 2.45) is 22.5 Å². The number of nitrogens with two attached hydrogens (primary N) is 1. The van der Waals surface area contributed by atoms with E-state index >= 15 is 0 Å². The minimum Gasteiger partial charge on any atom is -0.352 e. The van der Waals surface area contributed by atoms with Crippen molar-refractivity contribution in [3.05, 3.63) is 0 Å². The van der Waals surface area contributed by atoms with Crippen LogP contribution in [0, 0.1) is 16.7 Å². The van der Waals surface area contributed by atoms with Crippen LogP contribution in [0.2, 0.25) is 0 Å². The van der Waals surface area contributed by atoms with Crippen molar-refractivity contribution >= 4 is 5.91 Å². The standard InChI is InChI=1S/C13H26N2O/c1-6-7-9(8-14)15-11(16)10-12(2,3)13(10,4)5/h9-10H,6-8,14H2,1-5H3,(H,15,16). The van der Waals surface area contributed by atoms with Crippen molar-refractivity contribution in [3.63, 3.8) is 0 Å². The lowest BCUT2D eigenvalue weighted by molar-refractivity contribution is -0.124. The van der Waals surface area contributed by atoms with Gasteiger partial charge in [-0.3, -0.25) is 4.79 Å². The molecule has 3 N–H and O–H groups in total. The van der Waals surface area contributed by atoms with Gasteiger partial charge in [-0.2, -0.15) is 0 Å². The van der Waals surface area contributed by atoms with Crippen molar-refractivity contribution in [1.29, 1.82) is 0 Å². The zero-order valence-corrected chi connectivity index (χ0v) is 11.3. The number of hydrogen-bond acceptors (Lipinski definition) is 2. The maximum Gasteiger partial charge on any atom is 0.224 e. The summed E-state index contributed by atoms with van der Waals surface area (Å²) in [7, 11) is 0. The first-order valence-electron chi connectivity index (χ1n) is 6.29. The average molecular weight is 226 g/mol. The number of rotatable bonds is 5. The Labute approximate surface area is 99.2 Å². The van der Waals surface area contributed by atoms with Crippen molar-refractivity contribution in [1.82, 2.24) is 5.32 Å². The lowest BCUT2D eigenvalue weighted by Gasteiger charge is -2.16. The third-order valence-corrected chi connectivity index (χ3v) is 4.55. The molecule has 1 aliphatic rings. The summed E-state index contributed by atoms with van der Waals surface area (Å²) in [4.78, 5) is 12.1. The minimum atomic E-state index is 0.114. The molecule has 0 saturated heterocycles. The molecule has 1 fully saturated rings. The fourth-order valence-electron chi connectivity index (χ4n) is 2.73. The SMILES string of the molecule is CCCC(CN)NC(=O)C1C(C)(C)C1(C)C. The summed E-state index contributed by atoms with van der Waals surface area (Å²) in [6.45, 7) is 11.3. The Bertz CT molecular complexity index is 257. The average Bonchev–Trinajstić information content (AvgIpc) is 2.56. The summed E-state index contributed by atoms with van der Waals surface area (Å²) < 4.78 is 0. The summed E-state index contributed by atoms with van der Waals surface area (Å²) in [5, 5.41) is 3.08. The van der Waals surface area contributed by atoms with Crippen LogP contribution >= 0.6 is 0 Å². The highest BCUT2D eigenvalue weighted by molar-refractivity contribution is 5.84. The molecule has 0 aromatic carbocycles. The molecular formula is C13H26N2O. The molecule has 1 aliphatic carbocycles. The van der Waals surface area contributed by atoms with E-state index in [0.29, 0.717) is 6.54 Å². The van der Waals surface area contributed by atoms with E-state index in [-0.39, 0.29) is 28.7 Å². The molecule has 0 heterocycles. The van der Waals surface area contributed by atoms with Gasteiger partial charge >= 0.3 is 0 Å². The number of carbonyl (C=O) groups is 1. The maximum absolute atomic E-state index is 12.1. The molecule has 16 heavy (non-hydrogen) atoms. The van der Waals surface area contributed by atoms with Gasteiger partial charge in [0.2, 0.25) is 5.91 Å². The molecule has 1 amide bonds. The van der Waals surface area contributed by atoms with Crippen LogP contribution in [0.15, 0.2) is 0 Å². The molecular weight excluding hydrogens is 200 g/mol. The van der Waals surface area contributed by atoms with Gasteiger partial charge in [-0.1, -0.05) is 41.0 Å². The molecule has 94 valence electrons. The van der Waals surface area contributed by atoms with E-state index < -0.39 is 0 Å². The zero-order valence-electron chi connectivity index (χ0n) is 11.3. The van der Waals surface area contributed by atoms with Crippen LogP contribution in [0.4, 0.5) is 0 Å². The lowest BCUT2D eigenvalue weighted by Crippen LogP contribution is -2.41. The Morgan fingerprint density at radius 2 is 1.81 bits per heavy atom. The van der Waals surface area contributed by atoms with E-state index in [0.717, 1.165) is 12.8 Å². The van der Waals surface area contributed by atoms with Gasteiger partial charge in [-0.15, -0.1) is 0 Å². The normalized spacial score (nSPS) is 23.9. The van der Waals surface area contributed by atoms with Crippen LogP contribution < -0.4 is 11.1 Å². The molecule has 1 saturated carbocycles. The van der Waals surface area contributed by atoms with Crippen molar-refractivity contribution < 1.29 is 4.79 Å². The summed E-state index contributed by atoms with van der Waals surface area (Å²) in [6.07, 6.45) is 2.02. The van der Waals surface area contributed by atoms with Gasteiger partial charge in [0.05, 0.1) is 0 Å². The predicted octanol–water partition coefficient (Wildman–Crippen LogP) is 1.91. The molecule has 0 radical (unpaired) electrons. The van der Waals surface area contributed by atoms with Gasteiger partial charge in [0.15, 0.2) is 0 Å². The van der Waals surface area contributed by atoms with Gasteiger partial charge < -0.3 is 11.1 Å². The molecule has 0 aromatic rings. The third-order valence-electron chi connectivity index (χ3n) is 4.55. The molecule has 0 aliphatic heterocycles. The highest BCUT2D eigenvalue weighted by Crippen LogP contribution is 2.68. The Morgan fingerprint density at radius 1 is 1.31 bits per heavy atom. The van der Waals surface area contributed by atoms with Crippen LogP contribution in [0.1, 0.15) is 47.5 Å². The van der Waals surface area contributed by atoms with Gasteiger partial charge in [0, 0.05) is 18.5 Å². The number of amides is 1. The van der Waals surface area contributed by atoms with E-state index in [2.05, 4.69) is 39.9 Å². The van der Waals surface area contributed by atoms with Crippen LogP contribution in [0.5, 0.6) is 0 Å².